The molecule has 0 saturated heterocycles. The molecule has 0 aliphatic heterocycles. The number of nitrogens with one attached hydrogen (secondary N) is 3. The van der Waals surface area contributed by atoms with Gasteiger partial charge in [-0.1, -0.05) is 6.08 Å². The van der Waals surface area contributed by atoms with E-state index < -0.39 is 0 Å². The van der Waals surface area contributed by atoms with Crippen molar-refractivity contribution in [3.8, 4) is 0 Å². The largest absolute Gasteiger partial charge is 0.384 e. The minimum absolute atomic E-state index is 0.128. The number of nitrogens with zero attached hydrogens (tertiary/aromatic N) is 1. The zero-order valence-electron chi connectivity index (χ0n) is 8.50. The number of fused-ring (bicyclic) bond motifs is 1. The van der Waals surface area contributed by atoms with E-state index in [1.807, 2.05) is 0 Å². The van der Waals surface area contributed by atoms with E-state index >= 15 is 0 Å². The quantitative estimate of drug-likeness (QED) is 0.590. The Morgan fingerprint density at radius 1 is 1.56 bits per heavy atom. The van der Waals surface area contributed by atoms with Crippen LogP contribution in [0, 0.1) is 0 Å². The number of rotatable bonds is 3. The molecule has 1 aliphatic carbocycles. The lowest BCUT2D eigenvalue weighted by Gasteiger charge is -1.99. The second kappa shape index (κ2) is 3.13. The third-order valence-corrected chi connectivity index (χ3v) is 2.56. The van der Waals surface area contributed by atoms with Crippen molar-refractivity contribution in [2.45, 2.75) is 13.0 Å². The molecule has 0 spiro atoms. The van der Waals surface area contributed by atoms with Crippen LogP contribution in [0.5, 0.6) is 0 Å². The molecule has 0 amide bonds. The van der Waals surface area contributed by atoms with Crippen molar-refractivity contribution in [3.63, 3.8) is 0 Å². The predicted octanol–water partition coefficient (Wildman–Crippen LogP) is 0.211. The van der Waals surface area contributed by atoms with Gasteiger partial charge in [-0.3, -0.25) is 9.78 Å². The summed E-state index contributed by atoms with van der Waals surface area (Å²) in [5.41, 5.74) is 7.90. The third kappa shape index (κ3) is 1.44. The summed E-state index contributed by atoms with van der Waals surface area (Å²) in [7, 11) is 0. The fraction of sp³-hybridized carbons (Fsp3) is 0.200. The van der Waals surface area contributed by atoms with Gasteiger partial charge in [-0.2, -0.15) is 4.98 Å². The Kier molecular flexibility index (Phi) is 1.76. The Balaban J connectivity index is 2.04. The molecule has 2 aromatic heterocycles. The normalized spacial score (nSPS) is 13.9. The number of aromatic amines is 2. The van der Waals surface area contributed by atoms with Crippen LogP contribution in [0.4, 0.5) is 5.95 Å². The molecule has 6 heteroatoms. The average Bonchev–Trinajstić information content (AvgIpc) is 2.96. The lowest BCUT2D eigenvalue weighted by molar-refractivity contribution is 0.840. The van der Waals surface area contributed by atoms with E-state index in [0.717, 1.165) is 12.0 Å². The first-order valence-corrected chi connectivity index (χ1v) is 5.02. The van der Waals surface area contributed by atoms with Crippen molar-refractivity contribution >= 4 is 17.0 Å². The van der Waals surface area contributed by atoms with Crippen LogP contribution >= 0.6 is 0 Å². The third-order valence-electron chi connectivity index (χ3n) is 2.56. The fourth-order valence-corrected chi connectivity index (χ4v) is 1.66. The second-order valence-corrected chi connectivity index (χ2v) is 3.78. The number of nitrogen functional groups attached to an aromatic ring is 1. The molecule has 1 aliphatic rings. The van der Waals surface area contributed by atoms with E-state index in [1.54, 1.807) is 6.20 Å². The smallest absolute Gasteiger partial charge is 0.262 e. The van der Waals surface area contributed by atoms with E-state index in [4.69, 9.17) is 5.73 Å². The monoisotopic (exact) mass is 217 g/mol. The van der Waals surface area contributed by atoms with Gasteiger partial charge in [0, 0.05) is 30.4 Å². The molecule has 2 aromatic rings. The Morgan fingerprint density at radius 3 is 3.12 bits per heavy atom. The van der Waals surface area contributed by atoms with Crippen LogP contribution in [-0.4, -0.2) is 15.0 Å². The summed E-state index contributed by atoms with van der Waals surface area (Å²) in [6, 6.07) is 0. The number of hydrogen-bond donors (Lipinski definition) is 4. The van der Waals surface area contributed by atoms with Crippen molar-refractivity contribution in [1.82, 2.24) is 20.3 Å². The van der Waals surface area contributed by atoms with Gasteiger partial charge >= 0.3 is 0 Å². The van der Waals surface area contributed by atoms with Crippen LogP contribution in [0.1, 0.15) is 12.0 Å². The maximum absolute atomic E-state index is 11.7. The number of nitrogens with two attached hydrogens (primary N) is 1. The lowest BCUT2D eigenvalue weighted by Crippen LogP contribution is -2.13. The number of allylic oxidation sites excluding steroid dienone is 2. The summed E-state index contributed by atoms with van der Waals surface area (Å²) in [6.45, 7) is 0.626. The molecular formula is C10H11N5O. The number of aromatic nitrogens is 3. The van der Waals surface area contributed by atoms with Crippen molar-refractivity contribution in [1.29, 1.82) is 0 Å². The van der Waals surface area contributed by atoms with Crippen LogP contribution < -0.4 is 16.6 Å². The van der Waals surface area contributed by atoms with Crippen LogP contribution in [0.15, 0.2) is 22.8 Å². The van der Waals surface area contributed by atoms with Crippen molar-refractivity contribution in [2.24, 2.45) is 0 Å². The molecule has 0 fully saturated rings. The Bertz CT molecular complexity index is 636. The lowest BCUT2D eigenvalue weighted by atomic mass is 10.2. The minimum atomic E-state index is -0.203. The number of anilines is 1. The molecule has 0 atom stereocenters. The van der Waals surface area contributed by atoms with Gasteiger partial charge in [-0.15, -0.1) is 0 Å². The van der Waals surface area contributed by atoms with E-state index in [2.05, 4.69) is 26.3 Å². The molecule has 16 heavy (non-hydrogen) atoms. The molecule has 5 N–H and O–H groups in total. The Labute approximate surface area is 90.6 Å². The zero-order valence-corrected chi connectivity index (χ0v) is 8.50. The van der Waals surface area contributed by atoms with Gasteiger partial charge in [-0.05, 0) is 0 Å². The predicted molar refractivity (Wildman–Crippen MR) is 60.7 cm³/mol. The highest BCUT2D eigenvalue weighted by molar-refractivity contribution is 5.79. The Hall–Kier alpha value is -2.24. The maximum Gasteiger partial charge on any atom is 0.262 e. The summed E-state index contributed by atoms with van der Waals surface area (Å²) in [5, 5.41) is 3.79. The number of H-pyrrole nitrogens is 2. The summed E-state index contributed by atoms with van der Waals surface area (Å²) >= 11 is 0. The standard InChI is InChI=1S/C10H11N5O/c11-10-14-8-7(9(16)15-10)5(4-13-8)3-12-6-1-2-6/h1,4,12H,2-3H2,(H4,11,13,14,15,16). The highest BCUT2D eigenvalue weighted by Gasteiger charge is 2.11. The first-order valence-electron chi connectivity index (χ1n) is 5.02. The highest BCUT2D eigenvalue weighted by Crippen LogP contribution is 2.17. The first-order chi connectivity index (χ1) is 7.74. The summed E-state index contributed by atoms with van der Waals surface area (Å²) in [5.74, 6) is 0.128. The molecule has 0 bridgehead atoms. The van der Waals surface area contributed by atoms with Crippen LogP contribution in [0.3, 0.4) is 0 Å². The molecule has 2 heterocycles. The van der Waals surface area contributed by atoms with Crippen LogP contribution in [-0.2, 0) is 6.54 Å². The van der Waals surface area contributed by atoms with E-state index in [0.29, 0.717) is 17.6 Å². The van der Waals surface area contributed by atoms with Gasteiger partial charge in [0.15, 0.2) is 0 Å². The molecule has 3 rings (SSSR count). The minimum Gasteiger partial charge on any atom is -0.384 e. The van der Waals surface area contributed by atoms with Gasteiger partial charge in [0.1, 0.15) is 5.65 Å². The average molecular weight is 217 g/mol. The Morgan fingerprint density at radius 2 is 2.38 bits per heavy atom. The highest BCUT2D eigenvalue weighted by atomic mass is 16.1. The van der Waals surface area contributed by atoms with Crippen LogP contribution in [0.2, 0.25) is 0 Å². The number of hydrogen-bond acceptors (Lipinski definition) is 4. The van der Waals surface area contributed by atoms with Gasteiger partial charge in [-0.25, -0.2) is 0 Å². The van der Waals surface area contributed by atoms with Gasteiger partial charge in [0.2, 0.25) is 5.95 Å². The van der Waals surface area contributed by atoms with Gasteiger partial charge in [0.05, 0.1) is 5.39 Å². The topological polar surface area (TPSA) is 99.6 Å². The van der Waals surface area contributed by atoms with E-state index in [9.17, 15) is 4.79 Å². The fourth-order valence-electron chi connectivity index (χ4n) is 1.66. The molecule has 0 unspecified atom stereocenters. The van der Waals surface area contributed by atoms with Gasteiger partial charge in [0.25, 0.3) is 5.56 Å². The molecule has 0 aromatic carbocycles. The van der Waals surface area contributed by atoms with E-state index in [-0.39, 0.29) is 11.5 Å². The second-order valence-electron chi connectivity index (χ2n) is 3.78. The summed E-state index contributed by atoms with van der Waals surface area (Å²) < 4.78 is 0. The summed E-state index contributed by atoms with van der Waals surface area (Å²) in [4.78, 5) is 21.2. The summed E-state index contributed by atoms with van der Waals surface area (Å²) in [6.07, 6.45) is 4.89. The van der Waals surface area contributed by atoms with Crippen molar-refractivity contribution < 1.29 is 0 Å². The van der Waals surface area contributed by atoms with Crippen LogP contribution in [0.25, 0.3) is 11.0 Å². The first kappa shape index (κ1) is 9.02. The molecule has 82 valence electrons. The molecule has 0 saturated carbocycles. The zero-order chi connectivity index (χ0) is 11.1. The SMILES string of the molecule is Nc1nc2[nH]cc(CNC3=CC3)c2c(=O)[nH]1. The molecular weight excluding hydrogens is 206 g/mol. The van der Waals surface area contributed by atoms with Gasteiger partial charge < -0.3 is 16.0 Å². The van der Waals surface area contributed by atoms with Crippen molar-refractivity contribution in [3.05, 3.63) is 33.9 Å². The van der Waals surface area contributed by atoms with Crippen molar-refractivity contribution in [2.75, 3.05) is 5.73 Å². The molecule has 0 radical (unpaired) electrons. The maximum atomic E-state index is 11.7. The van der Waals surface area contributed by atoms with E-state index in [1.165, 1.54) is 5.70 Å². The molecule has 6 nitrogen and oxygen atoms in total.